The molecule has 0 aromatic carbocycles. The number of halogens is 3. The molecule has 0 bridgehead atoms. The first-order chi connectivity index (χ1) is 18.6. The summed E-state index contributed by atoms with van der Waals surface area (Å²) in [5, 5.41) is 9.91. The maximum absolute atomic E-state index is 13.0. The summed E-state index contributed by atoms with van der Waals surface area (Å²) in [6.45, 7) is 9.42. The second-order valence-corrected chi connectivity index (χ2v) is 12.6. The quantitative estimate of drug-likeness (QED) is 0.266. The van der Waals surface area contributed by atoms with Crippen molar-refractivity contribution in [1.29, 1.82) is 0 Å². The highest BCUT2D eigenvalue weighted by molar-refractivity contribution is 8.00. The molecule has 0 aliphatic carbocycles. The smallest absolute Gasteiger partial charge is 0.451 e. The third kappa shape index (κ3) is 6.84. The fourth-order valence-electron chi connectivity index (χ4n) is 3.74. The Labute approximate surface area is 232 Å². The van der Waals surface area contributed by atoms with Crippen LogP contribution in [0.5, 0.6) is 5.88 Å². The van der Waals surface area contributed by atoms with Crippen LogP contribution in [0, 0.1) is 5.41 Å². The van der Waals surface area contributed by atoms with Crippen LogP contribution >= 0.6 is 11.8 Å². The van der Waals surface area contributed by atoms with Gasteiger partial charge in [-0.25, -0.2) is 19.9 Å². The summed E-state index contributed by atoms with van der Waals surface area (Å²) >= 11 is 1.50. The van der Waals surface area contributed by atoms with E-state index in [1.54, 1.807) is 37.0 Å². The number of carbonyl (C=O) groups is 1. The van der Waals surface area contributed by atoms with E-state index in [9.17, 15) is 23.1 Å². The van der Waals surface area contributed by atoms with Crippen molar-refractivity contribution in [2.45, 2.75) is 70.0 Å². The van der Waals surface area contributed by atoms with Gasteiger partial charge in [0.05, 0.1) is 34.9 Å². The summed E-state index contributed by atoms with van der Waals surface area (Å²) < 4.78 is 46.4. The van der Waals surface area contributed by atoms with Gasteiger partial charge in [0.2, 0.25) is 11.7 Å². The SMILES string of the molecule is CC(C)(C)Sc1c(CC(C)(C)C(=O)O)n(Cc2cnc(C(F)(F)F)nc2)c2ncc(OCc3cnccn3)nc12. The monoisotopic (exact) mass is 575 g/mol. The zero-order chi connectivity index (χ0) is 29.3. The zero-order valence-corrected chi connectivity index (χ0v) is 23.3. The molecule has 0 saturated heterocycles. The first-order valence-corrected chi connectivity index (χ1v) is 13.0. The van der Waals surface area contributed by atoms with Crippen LogP contribution in [-0.4, -0.2) is 50.3 Å². The molecule has 1 N–H and O–H groups in total. The Morgan fingerprint density at radius 2 is 1.70 bits per heavy atom. The first kappa shape index (κ1) is 29.2. The molecule has 40 heavy (non-hydrogen) atoms. The van der Waals surface area contributed by atoms with Crippen molar-refractivity contribution in [1.82, 2.24) is 34.5 Å². The average Bonchev–Trinajstić information content (AvgIpc) is 3.13. The highest BCUT2D eigenvalue weighted by atomic mass is 32.2. The fourth-order valence-corrected chi connectivity index (χ4v) is 4.89. The lowest BCUT2D eigenvalue weighted by Crippen LogP contribution is -2.28. The standard InChI is InChI=1S/C26H28F3N7O3S/c1-24(2,3)40-20-17(8-25(4,5)23(37)38)36(13-15-9-33-22(34-10-15)26(27,28)29)21-19(20)35-18(12-32-21)39-14-16-11-30-6-7-31-16/h6-7,9-12H,8,13-14H2,1-5H3,(H,37,38). The summed E-state index contributed by atoms with van der Waals surface area (Å²) in [4.78, 5) is 37.3. The predicted octanol–water partition coefficient (Wildman–Crippen LogP) is 5.20. The van der Waals surface area contributed by atoms with Gasteiger partial charge >= 0.3 is 12.1 Å². The maximum Gasteiger partial charge on any atom is 0.451 e. The van der Waals surface area contributed by atoms with Crippen LogP contribution in [0.1, 0.15) is 57.4 Å². The number of hydrogen-bond donors (Lipinski definition) is 1. The van der Waals surface area contributed by atoms with Gasteiger partial charge in [0.25, 0.3) is 0 Å². The van der Waals surface area contributed by atoms with E-state index >= 15 is 0 Å². The van der Waals surface area contributed by atoms with Crippen LogP contribution in [0.4, 0.5) is 13.2 Å². The van der Waals surface area contributed by atoms with Gasteiger partial charge in [0, 0.05) is 47.2 Å². The summed E-state index contributed by atoms with van der Waals surface area (Å²) in [6, 6.07) is 0. The van der Waals surface area contributed by atoms with E-state index < -0.39 is 23.4 Å². The Kier molecular flexibility index (Phi) is 8.01. The minimum Gasteiger partial charge on any atom is -0.481 e. The van der Waals surface area contributed by atoms with Crippen LogP contribution in [0.3, 0.4) is 0 Å². The summed E-state index contributed by atoms with van der Waals surface area (Å²) in [5.41, 5.74) is 1.36. The van der Waals surface area contributed by atoms with E-state index in [0.717, 1.165) is 12.4 Å². The van der Waals surface area contributed by atoms with Crippen molar-refractivity contribution in [2.75, 3.05) is 0 Å². The van der Waals surface area contributed by atoms with Crippen LogP contribution in [-0.2, 0) is 30.5 Å². The number of aromatic nitrogens is 7. The van der Waals surface area contributed by atoms with E-state index in [1.165, 1.54) is 18.0 Å². The van der Waals surface area contributed by atoms with Gasteiger partial charge in [-0.15, -0.1) is 11.8 Å². The molecule has 0 aliphatic rings. The highest BCUT2D eigenvalue weighted by Gasteiger charge is 2.35. The number of ether oxygens (including phenoxy) is 1. The molecule has 0 radical (unpaired) electrons. The predicted molar refractivity (Wildman–Crippen MR) is 141 cm³/mol. The van der Waals surface area contributed by atoms with Crippen molar-refractivity contribution in [3.63, 3.8) is 0 Å². The summed E-state index contributed by atoms with van der Waals surface area (Å²) in [5.74, 6) is -2.01. The minimum atomic E-state index is -4.67. The van der Waals surface area contributed by atoms with Gasteiger partial charge in [0.1, 0.15) is 12.1 Å². The lowest BCUT2D eigenvalue weighted by atomic mass is 9.88. The Balaban J connectivity index is 1.84. The number of fused-ring (bicyclic) bond motifs is 1. The highest BCUT2D eigenvalue weighted by Crippen LogP contribution is 2.42. The van der Waals surface area contributed by atoms with Gasteiger partial charge in [0.15, 0.2) is 5.65 Å². The van der Waals surface area contributed by atoms with Gasteiger partial charge < -0.3 is 14.4 Å². The van der Waals surface area contributed by atoms with Crippen LogP contribution in [0.25, 0.3) is 11.2 Å². The molecular formula is C26H28F3N7O3S. The molecule has 14 heteroatoms. The molecule has 0 atom stereocenters. The second-order valence-electron chi connectivity index (χ2n) is 10.7. The molecule has 0 aliphatic heterocycles. The number of thioether (sulfide) groups is 1. The molecule has 0 fully saturated rings. The Morgan fingerprint density at radius 1 is 1.00 bits per heavy atom. The molecule has 10 nitrogen and oxygen atoms in total. The van der Waals surface area contributed by atoms with Crippen LogP contribution in [0.15, 0.2) is 42.1 Å². The molecule has 0 saturated carbocycles. The van der Waals surface area contributed by atoms with Crippen LogP contribution in [0.2, 0.25) is 0 Å². The van der Waals surface area contributed by atoms with E-state index in [2.05, 4.69) is 24.9 Å². The van der Waals surface area contributed by atoms with E-state index in [4.69, 9.17) is 9.72 Å². The minimum absolute atomic E-state index is 0.0544. The third-order valence-corrected chi connectivity index (χ3v) is 6.92. The molecule has 4 aromatic heterocycles. The Bertz CT molecular complexity index is 1500. The molecule has 212 valence electrons. The van der Waals surface area contributed by atoms with E-state index in [1.807, 2.05) is 20.8 Å². The Morgan fingerprint density at radius 3 is 2.27 bits per heavy atom. The molecular weight excluding hydrogens is 547 g/mol. The summed E-state index contributed by atoms with van der Waals surface area (Å²) in [7, 11) is 0. The van der Waals surface area contributed by atoms with E-state index in [-0.39, 0.29) is 30.2 Å². The number of nitrogens with zero attached hydrogens (tertiary/aromatic N) is 7. The van der Waals surface area contributed by atoms with Crippen LogP contribution < -0.4 is 4.74 Å². The largest absolute Gasteiger partial charge is 0.481 e. The van der Waals surface area contributed by atoms with Gasteiger partial charge in [-0.2, -0.15) is 13.2 Å². The average molecular weight is 576 g/mol. The topological polar surface area (TPSA) is 129 Å². The molecule has 0 unspecified atom stereocenters. The number of aliphatic carboxylic acids is 1. The molecule has 4 heterocycles. The molecule has 4 aromatic rings. The van der Waals surface area contributed by atoms with E-state index in [0.29, 0.717) is 33.0 Å². The first-order valence-electron chi connectivity index (χ1n) is 12.2. The van der Waals surface area contributed by atoms with Gasteiger partial charge in [-0.05, 0) is 13.8 Å². The van der Waals surface area contributed by atoms with Crippen molar-refractivity contribution in [3.8, 4) is 5.88 Å². The third-order valence-electron chi connectivity index (χ3n) is 5.67. The fraction of sp³-hybridized carbons (Fsp3) is 0.423. The lowest BCUT2D eigenvalue weighted by Gasteiger charge is -2.23. The lowest BCUT2D eigenvalue weighted by molar-refractivity contribution is -0.147. The number of carboxylic acid groups (broad SMARTS) is 1. The second kappa shape index (κ2) is 11.0. The van der Waals surface area contributed by atoms with Crippen molar-refractivity contribution in [2.24, 2.45) is 5.41 Å². The van der Waals surface area contributed by atoms with Crippen molar-refractivity contribution >= 4 is 28.9 Å². The van der Waals surface area contributed by atoms with Crippen molar-refractivity contribution < 1.29 is 27.8 Å². The zero-order valence-electron chi connectivity index (χ0n) is 22.5. The van der Waals surface area contributed by atoms with Gasteiger partial charge in [-0.3, -0.25) is 14.8 Å². The number of rotatable bonds is 9. The van der Waals surface area contributed by atoms with Gasteiger partial charge in [-0.1, -0.05) is 20.8 Å². The Hall–Kier alpha value is -3.81. The maximum atomic E-state index is 13.0. The molecule has 0 spiro atoms. The number of hydrogen-bond acceptors (Lipinski definition) is 9. The normalized spacial score (nSPS) is 12.6. The summed E-state index contributed by atoms with van der Waals surface area (Å²) in [6.07, 6.45) is 3.77. The van der Waals surface area contributed by atoms with Crippen molar-refractivity contribution in [3.05, 3.63) is 60.0 Å². The number of alkyl halides is 3. The molecule has 0 amide bonds. The number of carboxylic acids is 1. The molecule has 4 rings (SSSR count).